The molecular weight excluding hydrogens is 540 g/mol. The number of amides is 1. The van der Waals surface area contributed by atoms with Crippen molar-refractivity contribution in [2.75, 3.05) is 13.7 Å². The molecule has 0 spiro atoms. The molecule has 220 valence electrons. The summed E-state index contributed by atoms with van der Waals surface area (Å²) < 4.78 is 10.3. The van der Waals surface area contributed by atoms with Crippen molar-refractivity contribution in [2.24, 2.45) is 24.6 Å². The van der Waals surface area contributed by atoms with Crippen LogP contribution in [0.2, 0.25) is 0 Å². The summed E-state index contributed by atoms with van der Waals surface area (Å²) in [5, 5.41) is 8.71. The number of aryl methyl sites for hydroxylation is 1. The Bertz CT molecular complexity index is 1930. The van der Waals surface area contributed by atoms with Gasteiger partial charge in [-0.05, 0) is 80.7 Å². The van der Waals surface area contributed by atoms with Gasteiger partial charge in [0.25, 0.3) is 5.91 Å². The number of nitrogens with two attached hydrogens (primary N) is 1. The molecule has 2 bridgehead atoms. The van der Waals surface area contributed by atoms with E-state index >= 15 is 0 Å². The number of likely N-dealkylation sites (tertiary alicyclic amines) is 1. The maximum absolute atomic E-state index is 13.7. The predicted molar refractivity (Wildman–Crippen MR) is 164 cm³/mol. The highest BCUT2D eigenvalue weighted by Crippen LogP contribution is 2.44. The third-order valence-corrected chi connectivity index (χ3v) is 10.3. The van der Waals surface area contributed by atoms with Gasteiger partial charge in [-0.15, -0.1) is 0 Å². The third-order valence-electron chi connectivity index (χ3n) is 10.3. The smallest absolute Gasteiger partial charge is 0.254 e. The van der Waals surface area contributed by atoms with Crippen LogP contribution in [-0.2, 0) is 13.6 Å². The van der Waals surface area contributed by atoms with Crippen LogP contribution in [0.3, 0.4) is 0 Å². The van der Waals surface area contributed by atoms with E-state index in [4.69, 9.17) is 20.4 Å². The van der Waals surface area contributed by atoms with E-state index in [0.29, 0.717) is 29.1 Å². The largest absolute Gasteiger partial charge is 0.494 e. The molecule has 3 aliphatic carbocycles. The summed E-state index contributed by atoms with van der Waals surface area (Å²) in [7, 11) is 3.68. The lowest BCUT2D eigenvalue weighted by Gasteiger charge is -2.27. The van der Waals surface area contributed by atoms with Crippen molar-refractivity contribution < 1.29 is 9.53 Å². The Hall–Kier alpha value is -4.18. The molecule has 1 aliphatic heterocycles. The van der Waals surface area contributed by atoms with E-state index in [9.17, 15) is 4.79 Å². The summed E-state index contributed by atoms with van der Waals surface area (Å²) >= 11 is 0. The first-order valence-electron chi connectivity index (χ1n) is 15.6. The molecule has 4 fully saturated rings. The number of piperidine rings is 1. The van der Waals surface area contributed by atoms with Crippen LogP contribution >= 0.6 is 0 Å². The van der Waals surface area contributed by atoms with Gasteiger partial charge in [-0.25, -0.2) is 9.97 Å². The van der Waals surface area contributed by atoms with Gasteiger partial charge in [0.05, 0.1) is 29.7 Å². The van der Waals surface area contributed by atoms with Crippen molar-refractivity contribution in [3.63, 3.8) is 0 Å². The quantitative estimate of drug-likeness (QED) is 0.286. The van der Waals surface area contributed by atoms with Crippen LogP contribution in [0.1, 0.15) is 60.5 Å². The number of hydrogen-bond donors (Lipinski definition) is 2. The van der Waals surface area contributed by atoms with Gasteiger partial charge >= 0.3 is 0 Å². The summed E-state index contributed by atoms with van der Waals surface area (Å²) in [6, 6.07) is 10.5. The fraction of sp³-hybridized carbons (Fsp3) is 0.455. The number of pyridine rings is 1. The number of aromatic nitrogens is 6. The summed E-state index contributed by atoms with van der Waals surface area (Å²) in [6.07, 6.45) is 8.92. The second-order valence-electron chi connectivity index (χ2n) is 13.1. The fourth-order valence-electron chi connectivity index (χ4n) is 7.65. The molecule has 1 saturated heterocycles. The Labute approximate surface area is 249 Å². The number of aromatic amines is 1. The molecule has 3 N–H and O–H groups in total. The molecule has 3 saturated carbocycles. The van der Waals surface area contributed by atoms with Crippen molar-refractivity contribution in [1.29, 1.82) is 0 Å². The lowest BCUT2D eigenvalue weighted by molar-refractivity contribution is 0.0700. The van der Waals surface area contributed by atoms with E-state index < -0.39 is 0 Å². The van der Waals surface area contributed by atoms with Gasteiger partial charge in [-0.1, -0.05) is 0 Å². The topological polar surface area (TPSA) is 120 Å². The number of methoxy groups -OCH3 is 1. The molecule has 5 aromatic rings. The number of rotatable bonds is 7. The van der Waals surface area contributed by atoms with Gasteiger partial charge in [0.2, 0.25) is 0 Å². The van der Waals surface area contributed by atoms with E-state index in [1.807, 2.05) is 30.3 Å². The molecule has 10 nitrogen and oxygen atoms in total. The zero-order valence-corrected chi connectivity index (χ0v) is 24.6. The Morgan fingerprint density at radius 2 is 1.95 bits per heavy atom. The van der Waals surface area contributed by atoms with Crippen molar-refractivity contribution in [1.82, 2.24) is 34.2 Å². The number of carbonyl (C=O) groups is 1. The zero-order chi connectivity index (χ0) is 29.0. The van der Waals surface area contributed by atoms with E-state index in [1.54, 1.807) is 7.11 Å². The Kier molecular flexibility index (Phi) is 5.40. The van der Waals surface area contributed by atoms with Crippen LogP contribution in [0.4, 0.5) is 0 Å². The summed E-state index contributed by atoms with van der Waals surface area (Å²) in [4.78, 5) is 26.1. The van der Waals surface area contributed by atoms with Crippen LogP contribution in [0.25, 0.3) is 44.8 Å². The number of nitrogens with zero attached hydrogens (tertiary/aromatic N) is 6. The predicted octanol–water partition coefficient (Wildman–Crippen LogP) is 4.84. The minimum atomic E-state index is 0.0134. The normalized spacial score (nSPS) is 23.2. The molecule has 5 heterocycles. The molecular formula is C33H36N8O2. The number of carbonyl (C=O) groups excluding carboxylic acids is 1. The van der Waals surface area contributed by atoms with E-state index in [0.717, 1.165) is 76.5 Å². The number of hydrogen-bond acceptors (Lipinski definition) is 6. The Morgan fingerprint density at radius 1 is 1.09 bits per heavy atom. The second kappa shape index (κ2) is 9.16. The van der Waals surface area contributed by atoms with Crippen LogP contribution in [-0.4, -0.2) is 65.8 Å². The lowest BCUT2D eigenvalue weighted by atomic mass is 10.1. The Balaban J connectivity index is 1.16. The second-order valence-corrected chi connectivity index (χ2v) is 13.1. The summed E-state index contributed by atoms with van der Waals surface area (Å²) in [5.41, 5.74) is 13.8. The monoisotopic (exact) mass is 576 g/mol. The maximum atomic E-state index is 13.7. The number of benzene rings is 1. The Morgan fingerprint density at radius 3 is 2.67 bits per heavy atom. The van der Waals surface area contributed by atoms with Crippen LogP contribution in [0.5, 0.6) is 5.75 Å². The molecule has 43 heavy (non-hydrogen) atoms. The maximum Gasteiger partial charge on any atom is 0.254 e. The number of nitrogens with one attached hydrogen (secondary N) is 1. The van der Waals surface area contributed by atoms with Gasteiger partial charge in [0.1, 0.15) is 16.9 Å². The molecule has 3 atom stereocenters. The van der Waals surface area contributed by atoms with Crippen molar-refractivity contribution in [2.45, 2.75) is 63.1 Å². The summed E-state index contributed by atoms with van der Waals surface area (Å²) in [5.74, 6) is 3.08. The molecule has 4 aromatic heterocycles. The highest BCUT2D eigenvalue weighted by Gasteiger charge is 2.47. The SMILES string of the molecule is COc1cc(C(=O)N2CC3CCC2[C@@H]3N)cc2nc(-c3cc4ccc(-c5c[nH]nc5C5CC5)nc4n3CC3CC3)n(C)c12. The number of imidazole rings is 1. The first-order chi connectivity index (χ1) is 21.0. The number of fused-ring (bicyclic) bond motifs is 4. The van der Waals surface area contributed by atoms with Crippen LogP contribution in [0, 0.1) is 11.8 Å². The van der Waals surface area contributed by atoms with Crippen LogP contribution in [0.15, 0.2) is 36.5 Å². The minimum Gasteiger partial charge on any atom is -0.494 e. The summed E-state index contributed by atoms with van der Waals surface area (Å²) in [6.45, 7) is 1.63. The molecule has 0 radical (unpaired) electrons. The van der Waals surface area contributed by atoms with E-state index in [1.165, 1.54) is 25.7 Å². The highest BCUT2D eigenvalue weighted by atomic mass is 16.5. The zero-order valence-electron chi connectivity index (χ0n) is 24.6. The molecule has 1 aromatic carbocycles. The third kappa shape index (κ3) is 3.88. The number of ether oxygens (including phenoxy) is 1. The first kappa shape index (κ1) is 25.3. The van der Waals surface area contributed by atoms with Crippen molar-refractivity contribution in [3.05, 3.63) is 47.8 Å². The van der Waals surface area contributed by atoms with Gasteiger partial charge in [0, 0.05) is 60.8 Å². The van der Waals surface area contributed by atoms with Gasteiger partial charge < -0.3 is 24.5 Å². The van der Waals surface area contributed by atoms with Crippen molar-refractivity contribution >= 4 is 28.0 Å². The average molecular weight is 577 g/mol. The van der Waals surface area contributed by atoms with Gasteiger partial charge in [-0.2, -0.15) is 5.10 Å². The minimum absolute atomic E-state index is 0.0134. The van der Waals surface area contributed by atoms with Gasteiger partial charge in [-0.3, -0.25) is 9.89 Å². The van der Waals surface area contributed by atoms with Gasteiger partial charge in [0.15, 0.2) is 5.82 Å². The molecule has 4 aliphatic rings. The number of H-pyrrole nitrogens is 1. The van der Waals surface area contributed by atoms with E-state index in [-0.39, 0.29) is 18.0 Å². The molecule has 9 rings (SSSR count). The average Bonchev–Trinajstić information content (AvgIpc) is 3.85. The molecule has 10 heteroatoms. The lowest BCUT2D eigenvalue weighted by Crippen LogP contribution is -2.41. The highest BCUT2D eigenvalue weighted by molar-refractivity contribution is 6.00. The molecule has 2 unspecified atom stereocenters. The van der Waals surface area contributed by atoms with Crippen molar-refractivity contribution in [3.8, 4) is 28.5 Å². The van der Waals surface area contributed by atoms with E-state index in [2.05, 4.69) is 37.5 Å². The fourth-order valence-corrected chi connectivity index (χ4v) is 7.65. The van der Waals surface area contributed by atoms with Crippen LogP contribution < -0.4 is 10.5 Å². The molecule has 1 amide bonds. The standard InChI is InChI=1S/C33H36N8O2/c1-39-30-24(11-21(13-27(30)43-2)33(42)41-16-20-8-10-25(41)28(20)34)37-32(39)26-12-19-7-9-23(22-14-35-38-29(22)18-5-6-18)36-31(19)40(26)15-17-3-4-17/h7,9,11-14,17-18,20,25,28H,3-6,8,10,15-16,34H2,1-2H3,(H,35,38)/t20?,25?,28-/m1/s1. The first-order valence-corrected chi connectivity index (χ1v) is 15.6.